The smallest absolute Gasteiger partial charge is 0.188 e. The maximum atomic E-state index is 13.9. The minimum Gasteiger partial charge on any atom is -0.188 e. The summed E-state index contributed by atoms with van der Waals surface area (Å²) in [5, 5.41) is -5.42. The van der Waals surface area contributed by atoms with Crippen molar-refractivity contribution in [3.8, 4) is 11.1 Å². The quantitative estimate of drug-likeness (QED) is 0.254. The number of alkyl halides is 7. The molecule has 0 aliphatic heterocycles. The zero-order chi connectivity index (χ0) is 19.9. The molecule has 2 rings (SSSR count). The Labute approximate surface area is 172 Å². The van der Waals surface area contributed by atoms with Gasteiger partial charge in [-0.3, -0.25) is 0 Å². The highest BCUT2D eigenvalue weighted by Crippen LogP contribution is 2.56. The summed E-state index contributed by atoms with van der Waals surface area (Å²) in [5.74, 6) is -6.20. The van der Waals surface area contributed by atoms with Crippen molar-refractivity contribution in [1.29, 1.82) is 0 Å². The third kappa shape index (κ3) is 4.25. The van der Waals surface area contributed by atoms with E-state index in [0.717, 1.165) is 6.07 Å². The lowest BCUT2D eigenvalue weighted by Crippen LogP contribution is -2.49. The first-order chi connectivity index (χ1) is 11.8. The van der Waals surface area contributed by atoms with Crippen molar-refractivity contribution in [3.63, 3.8) is 0 Å². The van der Waals surface area contributed by atoms with E-state index in [4.69, 9.17) is 0 Å². The molecule has 0 spiro atoms. The van der Waals surface area contributed by atoms with Gasteiger partial charge in [0, 0.05) is 23.9 Å². The summed E-state index contributed by atoms with van der Waals surface area (Å²) in [5.41, 5.74) is 0.406. The predicted octanol–water partition coefficient (Wildman–Crippen LogP) is 8.52. The highest BCUT2D eigenvalue weighted by atomic mass is 79.9. The summed E-state index contributed by atoms with van der Waals surface area (Å²) in [6.07, 6.45) is -6.39. The van der Waals surface area contributed by atoms with Gasteiger partial charge in [-0.25, -0.2) is 0 Å². The molecule has 0 aliphatic rings. The van der Waals surface area contributed by atoms with Gasteiger partial charge < -0.3 is 0 Å². The van der Waals surface area contributed by atoms with Gasteiger partial charge in [0.2, 0.25) is 0 Å². The molecule has 0 unspecified atom stereocenters. The fourth-order valence-electron chi connectivity index (χ4n) is 1.92. The molecule has 11 heteroatoms. The Bertz CT molecular complexity index is 821. The largest absolute Gasteiger partial charge is 0.460 e. The lowest BCUT2D eigenvalue weighted by atomic mass is 10.1. The number of hydrogen-bond acceptors (Lipinski definition) is 1. The molecular weight excluding hydrogens is 585 g/mol. The zero-order valence-corrected chi connectivity index (χ0v) is 17.7. The van der Waals surface area contributed by atoms with Gasteiger partial charge in [0.15, 0.2) is 0 Å². The van der Waals surface area contributed by atoms with Crippen molar-refractivity contribution in [1.82, 2.24) is 0 Å². The Morgan fingerprint density at radius 3 is 1.88 bits per heavy atom. The van der Waals surface area contributed by atoms with Gasteiger partial charge in [0.05, 0.1) is 0 Å². The van der Waals surface area contributed by atoms with Crippen LogP contribution in [0.25, 0.3) is 11.1 Å². The van der Waals surface area contributed by atoms with E-state index in [9.17, 15) is 30.7 Å². The molecule has 0 amide bonds. The minimum atomic E-state index is -6.39. The highest BCUT2D eigenvalue weighted by molar-refractivity contribution is 9.11. The van der Waals surface area contributed by atoms with E-state index in [1.807, 2.05) is 0 Å². The number of rotatable bonds is 4. The van der Waals surface area contributed by atoms with Crippen molar-refractivity contribution >= 4 is 59.6 Å². The van der Waals surface area contributed by atoms with E-state index in [1.165, 1.54) is 12.1 Å². The van der Waals surface area contributed by atoms with E-state index in [1.54, 1.807) is 18.2 Å². The SMILES string of the molecule is FC(F)(F)C(F)(F)C(F)(F)Sc1cc(Br)cc(Br)c1-c1ccccc1Br. The Balaban J connectivity index is 2.63. The molecule has 0 fully saturated rings. The molecule has 0 aliphatic carbocycles. The van der Waals surface area contributed by atoms with Gasteiger partial charge in [-0.1, -0.05) is 66.0 Å². The fourth-order valence-corrected chi connectivity index (χ4v) is 5.16. The number of hydrogen-bond donors (Lipinski definition) is 0. The molecule has 0 nitrogen and oxygen atoms in total. The lowest BCUT2D eigenvalue weighted by Gasteiger charge is -2.28. The van der Waals surface area contributed by atoms with Gasteiger partial charge in [0.25, 0.3) is 0 Å². The van der Waals surface area contributed by atoms with Crippen LogP contribution in [0.1, 0.15) is 0 Å². The van der Waals surface area contributed by atoms with Crippen LogP contribution in [-0.4, -0.2) is 17.4 Å². The van der Waals surface area contributed by atoms with Crippen molar-refractivity contribution in [2.45, 2.75) is 22.2 Å². The van der Waals surface area contributed by atoms with Crippen molar-refractivity contribution in [2.24, 2.45) is 0 Å². The van der Waals surface area contributed by atoms with Crippen LogP contribution in [0.4, 0.5) is 30.7 Å². The highest BCUT2D eigenvalue weighted by Gasteiger charge is 2.73. The molecule has 0 bridgehead atoms. The second kappa shape index (κ2) is 7.63. The van der Waals surface area contributed by atoms with Crippen LogP contribution in [-0.2, 0) is 0 Å². The Morgan fingerprint density at radius 2 is 1.35 bits per heavy atom. The third-order valence-corrected chi connectivity index (χ3v) is 5.95. The first kappa shape index (κ1) is 22.0. The molecule has 0 saturated carbocycles. The lowest BCUT2D eigenvalue weighted by molar-refractivity contribution is -0.330. The summed E-state index contributed by atoms with van der Waals surface area (Å²) in [6, 6.07) is 8.84. The van der Waals surface area contributed by atoms with Crippen molar-refractivity contribution in [3.05, 3.63) is 49.8 Å². The van der Waals surface area contributed by atoms with E-state index < -0.39 is 34.0 Å². The van der Waals surface area contributed by atoms with Gasteiger partial charge in [-0.15, -0.1) is 0 Å². The molecule has 0 N–H and O–H groups in total. The van der Waals surface area contributed by atoms with Crippen LogP contribution in [0, 0.1) is 0 Å². The van der Waals surface area contributed by atoms with Crippen LogP contribution in [0.5, 0.6) is 0 Å². The average Bonchev–Trinajstić information content (AvgIpc) is 2.46. The van der Waals surface area contributed by atoms with Crippen LogP contribution >= 0.6 is 59.6 Å². The van der Waals surface area contributed by atoms with Gasteiger partial charge in [-0.05, 0) is 35.5 Å². The van der Waals surface area contributed by atoms with E-state index in [0.29, 0.717) is 10.0 Å². The Kier molecular flexibility index (Phi) is 6.47. The average molecular weight is 591 g/mol. The Morgan fingerprint density at radius 1 is 0.769 bits per heavy atom. The van der Waals surface area contributed by atoms with Gasteiger partial charge >= 0.3 is 17.4 Å². The summed E-state index contributed by atoms with van der Waals surface area (Å²) in [4.78, 5) is -0.452. The normalized spacial score (nSPS) is 13.2. The molecular formula is C15H6Br3F7S. The number of halogens is 10. The topological polar surface area (TPSA) is 0 Å². The van der Waals surface area contributed by atoms with Gasteiger partial charge in [0.1, 0.15) is 0 Å². The van der Waals surface area contributed by atoms with E-state index in [-0.39, 0.29) is 14.5 Å². The standard InChI is InChI=1S/C15H6Br3F7S/c16-7-5-10(18)12(8-3-1-2-4-9(8)17)11(6-7)26-15(24,25)13(19,20)14(21,22)23/h1-6H. The van der Waals surface area contributed by atoms with Gasteiger partial charge in [-0.2, -0.15) is 30.7 Å². The monoisotopic (exact) mass is 588 g/mol. The summed E-state index contributed by atoms with van der Waals surface area (Å²) >= 11 is 8.54. The maximum absolute atomic E-state index is 13.9. The first-order valence-electron chi connectivity index (χ1n) is 6.53. The molecule has 0 heterocycles. The third-order valence-electron chi connectivity index (χ3n) is 3.12. The molecule has 2 aromatic carbocycles. The second-order valence-electron chi connectivity index (χ2n) is 4.93. The predicted molar refractivity (Wildman–Crippen MR) is 96.8 cm³/mol. The van der Waals surface area contributed by atoms with Crippen molar-refractivity contribution in [2.75, 3.05) is 0 Å². The van der Waals surface area contributed by atoms with Crippen molar-refractivity contribution < 1.29 is 30.7 Å². The number of benzene rings is 2. The molecule has 0 atom stereocenters. The fraction of sp³-hybridized carbons (Fsp3) is 0.200. The molecule has 26 heavy (non-hydrogen) atoms. The molecule has 2 aromatic rings. The Hall–Kier alpha value is -0.260. The molecule has 0 aromatic heterocycles. The number of thioether (sulfide) groups is 1. The molecule has 0 saturated heterocycles. The summed E-state index contributed by atoms with van der Waals surface area (Å²) < 4.78 is 92.5. The van der Waals surface area contributed by atoms with E-state index in [2.05, 4.69) is 47.8 Å². The van der Waals surface area contributed by atoms with Crippen LogP contribution in [0.2, 0.25) is 0 Å². The summed E-state index contributed by atoms with van der Waals surface area (Å²) in [7, 11) is 0. The second-order valence-corrected chi connectivity index (χ2v) is 8.71. The maximum Gasteiger partial charge on any atom is 0.460 e. The first-order valence-corrected chi connectivity index (χ1v) is 9.73. The molecule has 142 valence electrons. The zero-order valence-electron chi connectivity index (χ0n) is 12.2. The van der Waals surface area contributed by atoms with Crippen LogP contribution < -0.4 is 0 Å². The van der Waals surface area contributed by atoms with Crippen LogP contribution in [0.3, 0.4) is 0 Å². The summed E-state index contributed by atoms with van der Waals surface area (Å²) in [6.45, 7) is 0. The van der Waals surface area contributed by atoms with E-state index >= 15 is 0 Å². The minimum absolute atomic E-state index is 0.0586. The molecule has 0 radical (unpaired) electrons. The van der Waals surface area contributed by atoms with Crippen LogP contribution in [0.15, 0.2) is 54.7 Å².